The van der Waals surface area contributed by atoms with Gasteiger partial charge in [0.15, 0.2) is 16.7 Å². The summed E-state index contributed by atoms with van der Waals surface area (Å²) in [6, 6.07) is 20.6. The monoisotopic (exact) mass is 524 g/mol. The number of amidine groups is 1. The molecule has 0 spiro atoms. The zero-order chi connectivity index (χ0) is 25.8. The molecule has 0 saturated heterocycles. The van der Waals surface area contributed by atoms with Crippen LogP contribution in [0, 0.1) is 0 Å². The minimum atomic E-state index is -4.41. The van der Waals surface area contributed by atoms with Crippen molar-refractivity contribution in [1.29, 1.82) is 0 Å². The van der Waals surface area contributed by atoms with Crippen LogP contribution in [0.2, 0.25) is 0 Å². The number of thioether (sulfide) groups is 1. The molecule has 2 heterocycles. The van der Waals surface area contributed by atoms with E-state index in [1.54, 1.807) is 29.2 Å². The summed E-state index contributed by atoms with van der Waals surface area (Å²) in [5.74, 6) is 1.26. The molecule has 37 heavy (non-hydrogen) atoms. The largest absolute Gasteiger partial charge is 0.454 e. The lowest BCUT2D eigenvalue weighted by molar-refractivity contribution is -0.137. The van der Waals surface area contributed by atoms with Crippen molar-refractivity contribution < 1.29 is 27.4 Å². The number of carbonyl (C=O) groups is 1. The van der Waals surface area contributed by atoms with Crippen LogP contribution < -0.4 is 9.47 Å². The highest BCUT2D eigenvalue weighted by Crippen LogP contribution is 2.35. The van der Waals surface area contributed by atoms with Crippen molar-refractivity contribution in [3.63, 3.8) is 0 Å². The van der Waals surface area contributed by atoms with Gasteiger partial charge in [-0.3, -0.25) is 9.69 Å². The van der Waals surface area contributed by atoms with Crippen LogP contribution in [0.25, 0.3) is 6.08 Å². The fraction of sp³-hybridized carbons (Fsp3) is 0.214. The third kappa shape index (κ3) is 5.99. The number of hydrogen-bond donors (Lipinski definition) is 0. The maximum Gasteiger partial charge on any atom is 0.416 e. The minimum absolute atomic E-state index is 0.151. The Labute approximate surface area is 216 Å². The van der Waals surface area contributed by atoms with Crippen molar-refractivity contribution in [1.82, 2.24) is 4.90 Å². The standard InChI is InChI=1S/C28H23F3N2O3S/c29-28(30,31)22-10-4-8-21(14-22)17-37-27-32-23(15-20-11-12-24-25(16-20)36-18-35-24)26(34)33(27)13-5-9-19-6-2-1-3-7-19/h1-4,6-8,10-12,14-16H,5,9,13,17-18H2/b23-15+. The predicted octanol–water partition coefficient (Wildman–Crippen LogP) is 6.54. The minimum Gasteiger partial charge on any atom is -0.454 e. The summed E-state index contributed by atoms with van der Waals surface area (Å²) in [6.07, 6.45) is -1.22. The molecule has 3 aromatic rings. The fourth-order valence-electron chi connectivity index (χ4n) is 4.07. The van der Waals surface area contributed by atoms with Gasteiger partial charge in [0.1, 0.15) is 5.70 Å². The van der Waals surface area contributed by atoms with Crippen LogP contribution in [0.3, 0.4) is 0 Å². The third-order valence-corrected chi connectivity index (χ3v) is 6.97. The molecular formula is C28H23F3N2O3S. The molecule has 0 N–H and O–H groups in total. The van der Waals surface area contributed by atoms with E-state index in [-0.39, 0.29) is 24.2 Å². The second-order valence-electron chi connectivity index (χ2n) is 8.57. The molecule has 5 rings (SSSR count). The number of rotatable bonds is 7. The number of hydrogen-bond acceptors (Lipinski definition) is 5. The summed E-state index contributed by atoms with van der Waals surface area (Å²) in [4.78, 5) is 19.5. The van der Waals surface area contributed by atoms with Crippen molar-refractivity contribution in [3.05, 3.63) is 101 Å². The molecule has 3 aromatic carbocycles. The fourth-order valence-corrected chi connectivity index (χ4v) is 5.04. The van der Waals surface area contributed by atoms with E-state index in [9.17, 15) is 18.0 Å². The Morgan fingerprint density at radius 2 is 1.73 bits per heavy atom. The van der Waals surface area contributed by atoms with Gasteiger partial charge >= 0.3 is 6.18 Å². The molecule has 0 aromatic heterocycles. The lowest BCUT2D eigenvalue weighted by Crippen LogP contribution is -2.31. The van der Waals surface area contributed by atoms with Gasteiger partial charge in [0.2, 0.25) is 6.79 Å². The lowest BCUT2D eigenvalue weighted by atomic mass is 10.1. The highest BCUT2D eigenvalue weighted by atomic mass is 32.2. The van der Waals surface area contributed by atoms with Crippen molar-refractivity contribution in [2.45, 2.75) is 24.8 Å². The molecule has 1 amide bonds. The molecule has 9 heteroatoms. The highest BCUT2D eigenvalue weighted by Gasteiger charge is 2.32. The summed E-state index contributed by atoms with van der Waals surface area (Å²) < 4.78 is 50.2. The van der Waals surface area contributed by atoms with Gasteiger partial charge in [-0.25, -0.2) is 4.99 Å². The van der Waals surface area contributed by atoms with E-state index in [2.05, 4.69) is 4.99 Å². The molecule has 0 atom stereocenters. The van der Waals surface area contributed by atoms with E-state index in [1.165, 1.54) is 23.4 Å². The van der Waals surface area contributed by atoms with Gasteiger partial charge < -0.3 is 9.47 Å². The van der Waals surface area contributed by atoms with E-state index in [1.807, 2.05) is 36.4 Å². The number of nitrogens with zero attached hydrogens (tertiary/aromatic N) is 2. The van der Waals surface area contributed by atoms with Crippen LogP contribution in [0.5, 0.6) is 11.5 Å². The molecule has 2 aliphatic heterocycles. The Morgan fingerprint density at radius 3 is 2.54 bits per heavy atom. The molecule has 0 aliphatic carbocycles. The van der Waals surface area contributed by atoms with Crippen LogP contribution in [0.4, 0.5) is 13.2 Å². The quantitative estimate of drug-likeness (QED) is 0.330. The topological polar surface area (TPSA) is 51.1 Å². The first kappa shape index (κ1) is 25.0. The summed E-state index contributed by atoms with van der Waals surface area (Å²) in [6.45, 7) is 0.596. The summed E-state index contributed by atoms with van der Waals surface area (Å²) in [7, 11) is 0. The molecule has 0 saturated carbocycles. The molecule has 190 valence electrons. The average molecular weight is 525 g/mol. The van der Waals surface area contributed by atoms with Gasteiger partial charge in [0, 0.05) is 12.3 Å². The molecule has 2 aliphatic rings. The number of aliphatic imine (C=N–C) groups is 1. The number of aryl methyl sites for hydroxylation is 1. The summed E-state index contributed by atoms with van der Waals surface area (Å²) >= 11 is 1.25. The number of fused-ring (bicyclic) bond motifs is 1. The van der Waals surface area contributed by atoms with Crippen molar-refractivity contribution in [2.75, 3.05) is 13.3 Å². The van der Waals surface area contributed by atoms with Crippen LogP contribution in [0.15, 0.2) is 83.5 Å². The Morgan fingerprint density at radius 1 is 0.946 bits per heavy atom. The van der Waals surface area contributed by atoms with Crippen LogP contribution >= 0.6 is 11.8 Å². The molecule has 0 radical (unpaired) electrons. The van der Waals surface area contributed by atoms with Gasteiger partial charge in [-0.1, -0.05) is 66.4 Å². The van der Waals surface area contributed by atoms with Gasteiger partial charge in [-0.15, -0.1) is 0 Å². The predicted molar refractivity (Wildman–Crippen MR) is 137 cm³/mol. The Balaban J connectivity index is 1.35. The van der Waals surface area contributed by atoms with Crippen molar-refractivity contribution in [2.24, 2.45) is 4.99 Å². The van der Waals surface area contributed by atoms with Gasteiger partial charge in [0.25, 0.3) is 5.91 Å². The molecule has 0 fully saturated rings. The Bertz CT molecular complexity index is 1360. The number of halogens is 3. The third-order valence-electron chi connectivity index (χ3n) is 5.92. The van der Waals surface area contributed by atoms with Crippen molar-refractivity contribution in [3.8, 4) is 11.5 Å². The first-order valence-electron chi connectivity index (χ1n) is 11.7. The smallest absolute Gasteiger partial charge is 0.416 e. The number of benzene rings is 3. The second-order valence-corrected chi connectivity index (χ2v) is 9.51. The van der Waals surface area contributed by atoms with Crippen molar-refractivity contribution >= 4 is 28.9 Å². The van der Waals surface area contributed by atoms with Gasteiger partial charge in [-0.05, 0) is 53.8 Å². The summed E-state index contributed by atoms with van der Waals surface area (Å²) in [5.41, 5.74) is 1.99. The first-order chi connectivity index (χ1) is 17.9. The maximum absolute atomic E-state index is 13.3. The van der Waals surface area contributed by atoms with Crippen LogP contribution in [-0.4, -0.2) is 29.3 Å². The Kier molecular flexibility index (Phi) is 7.23. The lowest BCUT2D eigenvalue weighted by Gasteiger charge is -2.18. The number of amides is 1. The molecule has 0 bridgehead atoms. The van der Waals surface area contributed by atoms with Gasteiger partial charge in [0.05, 0.1) is 5.56 Å². The zero-order valence-corrected chi connectivity index (χ0v) is 20.5. The van der Waals surface area contributed by atoms with E-state index in [0.717, 1.165) is 30.5 Å². The van der Waals surface area contributed by atoms with Gasteiger partial charge in [-0.2, -0.15) is 13.2 Å². The maximum atomic E-state index is 13.3. The SMILES string of the molecule is O=C1/C(=C\c2ccc3c(c2)OCO3)N=C(SCc2cccc(C(F)(F)F)c2)N1CCCc1ccccc1. The van der Waals surface area contributed by atoms with Crippen LogP contribution in [-0.2, 0) is 23.1 Å². The number of ether oxygens (including phenoxy) is 2. The van der Waals surface area contributed by atoms with E-state index >= 15 is 0 Å². The van der Waals surface area contributed by atoms with Crippen LogP contribution in [0.1, 0.15) is 28.7 Å². The van der Waals surface area contributed by atoms with E-state index in [4.69, 9.17) is 9.47 Å². The zero-order valence-electron chi connectivity index (χ0n) is 19.7. The average Bonchev–Trinajstić information content (AvgIpc) is 3.47. The molecular weight excluding hydrogens is 501 g/mol. The number of alkyl halides is 3. The first-order valence-corrected chi connectivity index (χ1v) is 12.7. The second kappa shape index (κ2) is 10.7. The highest BCUT2D eigenvalue weighted by molar-refractivity contribution is 8.13. The summed E-state index contributed by atoms with van der Waals surface area (Å²) in [5, 5.41) is 0.475. The number of carbonyl (C=O) groups excluding carboxylic acids is 1. The molecule has 0 unspecified atom stereocenters. The molecule has 5 nitrogen and oxygen atoms in total. The Hall–Kier alpha value is -3.72. The normalized spacial score (nSPS) is 16.0. The van der Waals surface area contributed by atoms with E-state index in [0.29, 0.717) is 28.8 Å². The van der Waals surface area contributed by atoms with E-state index < -0.39 is 11.7 Å².